The number of fused-ring (bicyclic) bond motifs is 2. The van der Waals surface area contributed by atoms with E-state index >= 15 is 0 Å². The highest BCUT2D eigenvalue weighted by molar-refractivity contribution is 6.30. The Bertz CT molecular complexity index is 556. The molecule has 2 atom stereocenters. The van der Waals surface area contributed by atoms with E-state index in [1.807, 2.05) is 6.07 Å². The number of hydrogen-bond acceptors (Lipinski definition) is 5. The van der Waals surface area contributed by atoms with Crippen molar-refractivity contribution in [3.8, 4) is 5.75 Å². The van der Waals surface area contributed by atoms with Gasteiger partial charge in [0.15, 0.2) is 17.7 Å². The predicted molar refractivity (Wildman–Crippen MR) is 76.0 cm³/mol. The van der Waals surface area contributed by atoms with Crippen LogP contribution in [-0.2, 0) is 4.74 Å². The van der Waals surface area contributed by atoms with Gasteiger partial charge in [-0.3, -0.25) is 0 Å². The van der Waals surface area contributed by atoms with Crippen LogP contribution in [0.3, 0.4) is 0 Å². The largest absolute Gasteiger partial charge is 0.465 e. The summed E-state index contributed by atoms with van der Waals surface area (Å²) in [6.07, 6.45) is 1.69. The number of carboxylic acid groups (broad SMARTS) is 1. The van der Waals surface area contributed by atoms with E-state index in [0.29, 0.717) is 18.8 Å². The summed E-state index contributed by atoms with van der Waals surface area (Å²) in [5, 5.41) is 9.40. The Balaban J connectivity index is 1.76. The van der Waals surface area contributed by atoms with Gasteiger partial charge in [0.1, 0.15) is 0 Å². The lowest BCUT2D eigenvalue weighted by atomic mass is 10.2. The zero-order valence-corrected chi connectivity index (χ0v) is 12.3. The molecule has 3 heterocycles. The molecule has 2 fully saturated rings. The molecule has 2 aliphatic heterocycles. The molecular formula is C13H16ClN3O4. The first kappa shape index (κ1) is 14.2. The molecule has 0 aromatic carbocycles. The predicted octanol–water partition coefficient (Wildman–Crippen LogP) is 1.66. The van der Waals surface area contributed by atoms with Gasteiger partial charge in [0.25, 0.3) is 0 Å². The second-order valence-electron chi connectivity index (χ2n) is 5.16. The number of anilines is 1. The fourth-order valence-electron chi connectivity index (χ4n) is 3.02. The average molecular weight is 314 g/mol. The summed E-state index contributed by atoms with van der Waals surface area (Å²) in [7, 11) is 1.53. The van der Waals surface area contributed by atoms with E-state index in [2.05, 4.69) is 9.88 Å². The van der Waals surface area contributed by atoms with Gasteiger partial charge in [0.2, 0.25) is 0 Å². The lowest BCUT2D eigenvalue weighted by Crippen LogP contribution is -2.48. The van der Waals surface area contributed by atoms with Crippen LogP contribution in [0, 0.1) is 0 Å². The topological polar surface area (TPSA) is 75.1 Å². The van der Waals surface area contributed by atoms with Crippen LogP contribution in [0.2, 0.25) is 5.15 Å². The highest BCUT2D eigenvalue weighted by Crippen LogP contribution is 2.36. The summed E-state index contributed by atoms with van der Waals surface area (Å²) < 4.78 is 10.2. The van der Waals surface area contributed by atoms with Gasteiger partial charge in [0, 0.05) is 32.3 Å². The quantitative estimate of drug-likeness (QED) is 0.673. The van der Waals surface area contributed by atoms with E-state index in [4.69, 9.17) is 26.2 Å². The number of methoxy groups -OCH3 is 1. The lowest BCUT2D eigenvalue weighted by molar-refractivity contribution is 0.0509. The molecule has 0 aliphatic carbocycles. The van der Waals surface area contributed by atoms with E-state index in [9.17, 15) is 4.79 Å². The SMILES string of the molecule is COCOc1cc(N2C[C@H]3C[C@@H]2CN3C(=O)O)cnc1Cl. The Kier molecular flexibility index (Phi) is 3.77. The molecule has 1 N–H and O–H groups in total. The fourth-order valence-corrected chi connectivity index (χ4v) is 3.17. The van der Waals surface area contributed by atoms with Crippen molar-refractivity contribution in [1.82, 2.24) is 9.88 Å². The van der Waals surface area contributed by atoms with E-state index in [1.54, 1.807) is 6.20 Å². The molecule has 7 nitrogen and oxygen atoms in total. The second-order valence-corrected chi connectivity index (χ2v) is 5.52. The number of halogens is 1. The first-order valence-electron chi connectivity index (χ1n) is 6.63. The maximum Gasteiger partial charge on any atom is 0.407 e. The Hall–Kier alpha value is -1.73. The van der Waals surface area contributed by atoms with Gasteiger partial charge in [-0.2, -0.15) is 0 Å². The second kappa shape index (κ2) is 5.57. The molecule has 21 heavy (non-hydrogen) atoms. The summed E-state index contributed by atoms with van der Waals surface area (Å²) in [6, 6.07) is 2.05. The molecule has 1 amide bonds. The molecule has 3 rings (SSSR count). The monoisotopic (exact) mass is 313 g/mol. The third-order valence-electron chi connectivity index (χ3n) is 3.94. The first-order valence-corrected chi connectivity index (χ1v) is 7.01. The molecule has 0 unspecified atom stereocenters. The molecule has 1 aromatic heterocycles. The Morgan fingerprint density at radius 2 is 2.33 bits per heavy atom. The number of rotatable bonds is 4. The zero-order chi connectivity index (χ0) is 15.0. The summed E-state index contributed by atoms with van der Waals surface area (Å²) >= 11 is 5.99. The smallest absolute Gasteiger partial charge is 0.407 e. The highest BCUT2D eigenvalue weighted by Gasteiger charge is 2.45. The maximum atomic E-state index is 11.1. The maximum absolute atomic E-state index is 11.1. The van der Waals surface area contributed by atoms with E-state index < -0.39 is 6.09 Å². The van der Waals surface area contributed by atoms with Crippen LogP contribution in [-0.4, -0.2) is 60.2 Å². The Morgan fingerprint density at radius 1 is 1.52 bits per heavy atom. The molecule has 1 aromatic rings. The van der Waals surface area contributed by atoms with E-state index in [-0.39, 0.29) is 24.0 Å². The van der Waals surface area contributed by atoms with Gasteiger partial charge in [-0.15, -0.1) is 0 Å². The number of hydrogen-bond donors (Lipinski definition) is 1. The molecule has 2 bridgehead atoms. The van der Waals surface area contributed by atoms with Crippen LogP contribution in [0.1, 0.15) is 6.42 Å². The van der Waals surface area contributed by atoms with Crippen molar-refractivity contribution in [2.24, 2.45) is 0 Å². The average Bonchev–Trinajstić information content (AvgIpc) is 3.06. The van der Waals surface area contributed by atoms with Crippen LogP contribution in [0.25, 0.3) is 0 Å². The summed E-state index contributed by atoms with van der Waals surface area (Å²) in [4.78, 5) is 18.9. The van der Waals surface area contributed by atoms with Crippen LogP contribution < -0.4 is 9.64 Å². The van der Waals surface area contributed by atoms with E-state index in [1.165, 1.54) is 12.0 Å². The van der Waals surface area contributed by atoms with Gasteiger partial charge >= 0.3 is 6.09 Å². The molecule has 8 heteroatoms. The molecule has 2 saturated heterocycles. The third kappa shape index (κ3) is 2.58. The standard InChI is InChI=1S/C13H16ClN3O4/c1-20-7-21-11-3-8(4-15-12(11)14)16-5-10-2-9(16)6-17(10)13(18)19/h3-4,9-10H,2,5-7H2,1H3,(H,18,19)/t9-,10-/m1/s1. The van der Waals surface area contributed by atoms with Gasteiger partial charge in [-0.25, -0.2) is 9.78 Å². The minimum absolute atomic E-state index is 0.0477. The van der Waals surface area contributed by atoms with Crippen LogP contribution >= 0.6 is 11.6 Å². The van der Waals surface area contributed by atoms with Gasteiger partial charge in [0.05, 0.1) is 17.9 Å². The van der Waals surface area contributed by atoms with Crippen LogP contribution in [0.15, 0.2) is 12.3 Å². The summed E-state index contributed by atoms with van der Waals surface area (Å²) in [5.41, 5.74) is 0.892. The minimum Gasteiger partial charge on any atom is -0.465 e. The van der Waals surface area contributed by atoms with Crippen molar-refractivity contribution in [2.75, 3.05) is 31.9 Å². The van der Waals surface area contributed by atoms with Crippen LogP contribution in [0.5, 0.6) is 5.75 Å². The molecule has 0 radical (unpaired) electrons. The van der Waals surface area contributed by atoms with Crippen LogP contribution in [0.4, 0.5) is 10.5 Å². The molecule has 0 saturated carbocycles. The number of piperazine rings is 1. The van der Waals surface area contributed by atoms with Gasteiger partial charge < -0.3 is 24.4 Å². The normalized spacial score (nSPS) is 23.7. The Morgan fingerprint density at radius 3 is 2.95 bits per heavy atom. The highest BCUT2D eigenvalue weighted by atomic mass is 35.5. The van der Waals surface area contributed by atoms with Crippen molar-refractivity contribution in [3.63, 3.8) is 0 Å². The van der Waals surface area contributed by atoms with Crippen molar-refractivity contribution in [1.29, 1.82) is 0 Å². The van der Waals surface area contributed by atoms with Crippen molar-refractivity contribution < 1.29 is 19.4 Å². The zero-order valence-electron chi connectivity index (χ0n) is 11.5. The third-order valence-corrected chi connectivity index (χ3v) is 4.23. The number of ether oxygens (including phenoxy) is 2. The fraction of sp³-hybridized carbons (Fsp3) is 0.538. The summed E-state index contributed by atoms with van der Waals surface area (Å²) in [5.74, 6) is 0.467. The first-order chi connectivity index (χ1) is 10.1. The molecular weight excluding hydrogens is 298 g/mol. The number of likely N-dealkylation sites (tertiary alicyclic amines) is 1. The molecule has 0 spiro atoms. The minimum atomic E-state index is -0.847. The van der Waals surface area contributed by atoms with Gasteiger partial charge in [-0.05, 0) is 6.42 Å². The van der Waals surface area contributed by atoms with Crippen molar-refractivity contribution in [3.05, 3.63) is 17.4 Å². The van der Waals surface area contributed by atoms with E-state index in [0.717, 1.165) is 12.1 Å². The summed E-state index contributed by atoms with van der Waals surface area (Å²) in [6.45, 7) is 1.30. The molecule has 114 valence electrons. The lowest BCUT2D eigenvalue weighted by Gasteiger charge is -2.34. The van der Waals surface area contributed by atoms with Crippen molar-refractivity contribution >= 4 is 23.4 Å². The molecule has 2 aliphatic rings. The Labute approximate surface area is 127 Å². The van der Waals surface area contributed by atoms with Crippen molar-refractivity contribution in [2.45, 2.75) is 18.5 Å². The number of carbonyl (C=O) groups is 1. The number of amides is 1. The number of aromatic nitrogens is 1. The number of nitrogens with zero attached hydrogens (tertiary/aromatic N) is 3. The van der Waals surface area contributed by atoms with Gasteiger partial charge in [-0.1, -0.05) is 11.6 Å². The number of pyridine rings is 1.